The van der Waals surface area contributed by atoms with E-state index in [9.17, 15) is 5.21 Å². The van der Waals surface area contributed by atoms with Crippen molar-refractivity contribution < 1.29 is 4.65 Å². The number of quaternary nitrogens is 1. The van der Waals surface area contributed by atoms with Gasteiger partial charge in [0.2, 0.25) is 0 Å². The Kier molecular flexibility index (Phi) is 2.08. The van der Waals surface area contributed by atoms with Crippen LogP contribution in [0.5, 0.6) is 0 Å². The van der Waals surface area contributed by atoms with Gasteiger partial charge in [-0.3, -0.25) is 0 Å². The second-order valence-corrected chi connectivity index (χ2v) is 4.25. The summed E-state index contributed by atoms with van der Waals surface area (Å²) in [5, 5.41) is 11.6. The molecular weight excluding hydrogens is 138 g/mol. The van der Waals surface area contributed by atoms with Crippen molar-refractivity contribution in [1.29, 1.82) is 0 Å². The standard InChI is InChI=1S/C9H17NO/c1-4-10(11)7-5-9(2,3)6-8-10/h4H,1,5-8H2,2-3H3. The highest BCUT2D eigenvalue weighted by Gasteiger charge is 2.30. The Bertz CT molecular complexity index is 153. The number of rotatable bonds is 1. The SMILES string of the molecule is C=C[N+]1([O-])CCC(C)(C)CC1. The average molecular weight is 155 g/mol. The minimum Gasteiger partial charge on any atom is -0.628 e. The molecule has 0 aromatic heterocycles. The van der Waals surface area contributed by atoms with Gasteiger partial charge in [0.1, 0.15) is 0 Å². The van der Waals surface area contributed by atoms with Crippen LogP contribution in [0.4, 0.5) is 0 Å². The van der Waals surface area contributed by atoms with Crippen LogP contribution < -0.4 is 0 Å². The third-order valence-corrected chi connectivity index (χ3v) is 2.67. The van der Waals surface area contributed by atoms with Crippen LogP contribution in [0.2, 0.25) is 0 Å². The van der Waals surface area contributed by atoms with E-state index in [0.29, 0.717) is 18.5 Å². The van der Waals surface area contributed by atoms with E-state index in [4.69, 9.17) is 0 Å². The van der Waals surface area contributed by atoms with E-state index in [2.05, 4.69) is 20.4 Å². The summed E-state index contributed by atoms with van der Waals surface area (Å²) in [6.07, 6.45) is 3.56. The molecule has 0 aromatic rings. The topological polar surface area (TPSA) is 23.1 Å². The Morgan fingerprint density at radius 3 is 2.18 bits per heavy atom. The first kappa shape index (κ1) is 8.75. The fraction of sp³-hybridized carbons (Fsp3) is 0.778. The van der Waals surface area contributed by atoms with Crippen LogP contribution in [-0.2, 0) is 0 Å². The van der Waals surface area contributed by atoms with Crippen LogP contribution in [-0.4, -0.2) is 17.7 Å². The maximum absolute atomic E-state index is 11.6. The summed E-state index contributed by atoms with van der Waals surface area (Å²) < 4.78 is -0.191. The largest absolute Gasteiger partial charge is 0.628 e. The summed E-state index contributed by atoms with van der Waals surface area (Å²) in [6.45, 7) is 9.42. The zero-order valence-corrected chi connectivity index (χ0v) is 7.47. The van der Waals surface area contributed by atoms with E-state index >= 15 is 0 Å². The first-order valence-electron chi connectivity index (χ1n) is 4.19. The fourth-order valence-electron chi connectivity index (χ4n) is 1.40. The van der Waals surface area contributed by atoms with Gasteiger partial charge in [-0.1, -0.05) is 13.8 Å². The number of nitrogens with zero attached hydrogens (tertiary/aromatic N) is 1. The second-order valence-electron chi connectivity index (χ2n) is 4.25. The fourth-order valence-corrected chi connectivity index (χ4v) is 1.40. The minimum absolute atomic E-state index is 0.191. The highest BCUT2D eigenvalue weighted by atomic mass is 16.5. The average Bonchev–Trinajstić information content (AvgIpc) is 1.97. The Balaban J connectivity index is 2.54. The Labute approximate surface area is 68.7 Å². The molecule has 0 atom stereocenters. The lowest BCUT2D eigenvalue weighted by Crippen LogP contribution is -2.45. The molecule has 64 valence electrons. The molecular formula is C9H17NO. The lowest BCUT2D eigenvalue weighted by molar-refractivity contribution is -0.837. The second kappa shape index (κ2) is 2.61. The first-order chi connectivity index (χ1) is 4.97. The molecule has 0 unspecified atom stereocenters. The van der Waals surface area contributed by atoms with Crippen molar-refractivity contribution in [3.8, 4) is 0 Å². The van der Waals surface area contributed by atoms with Gasteiger partial charge >= 0.3 is 0 Å². The van der Waals surface area contributed by atoms with Crippen LogP contribution in [0.15, 0.2) is 12.8 Å². The molecule has 1 rings (SSSR count). The van der Waals surface area contributed by atoms with Crippen LogP contribution in [0, 0.1) is 10.6 Å². The normalized spacial score (nSPS) is 27.9. The molecule has 1 aliphatic rings. The number of piperidine rings is 1. The van der Waals surface area contributed by atoms with Gasteiger partial charge in [0.25, 0.3) is 0 Å². The van der Waals surface area contributed by atoms with Gasteiger partial charge < -0.3 is 9.85 Å². The van der Waals surface area contributed by atoms with Gasteiger partial charge in [-0.05, 0) is 12.0 Å². The van der Waals surface area contributed by atoms with Crippen molar-refractivity contribution in [3.05, 3.63) is 18.0 Å². The molecule has 0 saturated carbocycles. The Morgan fingerprint density at radius 2 is 1.82 bits per heavy atom. The molecule has 0 spiro atoms. The maximum atomic E-state index is 11.6. The van der Waals surface area contributed by atoms with Gasteiger partial charge in [0, 0.05) is 12.8 Å². The minimum atomic E-state index is -0.191. The van der Waals surface area contributed by atoms with Gasteiger partial charge in [-0.15, -0.1) is 0 Å². The molecule has 1 heterocycles. The van der Waals surface area contributed by atoms with Crippen molar-refractivity contribution in [1.82, 2.24) is 0 Å². The summed E-state index contributed by atoms with van der Waals surface area (Å²) in [5.74, 6) is 0. The molecule has 2 nitrogen and oxygen atoms in total. The first-order valence-corrected chi connectivity index (χ1v) is 4.19. The smallest absolute Gasteiger partial charge is 0.0885 e. The molecule has 2 heteroatoms. The van der Waals surface area contributed by atoms with Gasteiger partial charge in [0.15, 0.2) is 0 Å². The maximum Gasteiger partial charge on any atom is 0.0885 e. The van der Waals surface area contributed by atoms with E-state index < -0.39 is 0 Å². The molecule has 0 amide bonds. The summed E-state index contributed by atoms with van der Waals surface area (Å²) in [6, 6.07) is 0. The number of hydroxylamine groups is 3. The Hall–Kier alpha value is -0.340. The monoisotopic (exact) mass is 155 g/mol. The molecule has 1 fully saturated rings. The lowest BCUT2D eigenvalue weighted by atomic mass is 9.82. The molecule has 0 bridgehead atoms. The third kappa shape index (κ3) is 2.04. The van der Waals surface area contributed by atoms with Gasteiger partial charge in [0.05, 0.1) is 19.3 Å². The zero-order chi connectivity index (χ0) is 8.54. The van der Waals surface area contributed by atoms with Crippen LogP contribution >= 0.6 is 0 Å². The molecule has 0 aliphatic carbocycles. The van der Waals surface area contributed by atoms with E-state index in [0.717, 1.165) is 12.8 Å². The van der Waals surface area contributed by atoms with Gasteiger partial charge in [-0.2, -0.15) is 0 Å². The summed E-state index contributed by atoms with van der Waals surface area (Å²) in [4.78, 5) is 0. The lowest BCUT2D eigenvalue weighted by Gasteiger charge is -2.46. The van der Waals surface area contributed by atoms with Crippen molar-refractivity contribution in [2.24, 2.45) is 5.41 Å². The van der Waals surface area contributed by atoms with Crippen molar-refractivity contribution in [3.63, 3.8) is 0 Å². The van der Waals surface area contributed by atoms with E-state index in [1.54, 1.807) is 0 Å². The summed E-state index contributed by atoms with van der Waals surface area (Å²) in [7, 11) is 0. The number of hydrogen-bond donors (Lipinski definition) is 0. The van der Waals surface area contributed by atoms with Crippen LogP contribution in [0.3, 0.4) is 0 Å². The number of hydrogen-bond acceptors (Lipinski definition) is 1. The van der Waals surface area contributed by atoms with Crippen molar-refractivity contribution in [2.75, 3.05) is 13.1 Å². The van der Waals surface area contributed by atoms with E-state index in [-0.39, 0.29) is 4.65 Å². The summed E-state index contributed by atoms with van der Waals surface area (Å²) >= 11 is 0. The zero-order valence-electron chi connectivity index (χ0n) is 7.47. The van der Waals surface area contributed by atoms with E-state index in [1.165, 1.54) is 6.20 Å². The molecule has 0 radical (unpaired) electrons. The molecule has 1 saturated heterocycles. The predicted octanol–water partition coefficient (Wildman–Crippen LogP) is 2.26. The Morgan fingerprint density at radius 1 is 1.36 bits per heavy atom. The highest BCUT2D eigenvalue weighted by Crippen LogP contribution is 2.32. The summed E-state index contributed by atoms with van der Waals surface area (Å²) in [5.41, 5.74) is 0.370. The van der Waals surface area contributed by atoms with Crippen molar-refractivity contribution in [2.45, 2.75) is 26.7 Å². The predicted molar refractivity (Wildman–Crippen MR) is 46.6 cm³/mol. The van der Waals surface area contributed by atoms with Crippen LogP contribution in [0.1, 0.15) is 26.7 Å². The van der Waals surface area contributed by atoms with Crippen molar-refractivity contribution >= 4 is 0 Å². The highest BCUT2D eigenvalue weighted by molar-refractivity contribution is 4.75. The third-order valence-electron chi connectivity index (χ3n) is 2.67. The quantitative estimate of drug-likeness (QED) is 0.421. The molecule has 11 heavy (non-hydrogen) atoms. The molecule has 0 aromatic carbocycles. The van der Waals surface area contributed by atoms with Crippen LogP contribution in [0.25, 0.3) is 0 Å². The van der Waals surface area contributed by atoms with Gasteiger partial charge in [-0.25, -0.2) is 0 Å². The number of likely N-dealkylation sites (tertiary alicyclic amines) is 1. The van der Waals surface area contributed by atoms with E-state index in [1.807, 2.05) is 0 Å². The molecule has 1 aliphatic heterocycles. The molecule has 0 N–H and O–H groups in total.